The predicted molar refractivity (Wildman–Crippen MR) is 57.4 cm³/mol. The zero-order chi connectivity index (χ0) is 9.80. The lowest BCUT2D eigenvalue weighted by Crippen LogP contribution is -2.03. The summed E-state index contributed by atoms with van der Waals surface area (Å²) in [6.45, 7) is 0.360. The van der Waals surface area contributed by atoms with Crippen molar-refractivity contribution < 1.29 is 4.74 Å². The van der Waals surface area contributed by atoms with E-state index in [9.17, 15) is 0 Å². The number of ether oxygens (including phenoxy) is 1. The van der Waals surface area contributed by atoms with Crippen molar-refractivity contribution in [2.24, 2.45) is 0 Å². The van der Waals surface area contributed by atoms with Crippen LogP contribution < -0.4 is 4.74 Å². The monoisotopic (exact) mass is 186 g/mol. The van der Waals surface area contributed by atoms with Crippen LogP contribution in [0.4, 0.5) is 0 Å². The number of fused-ring (bicyclic) bond motifs is 1. The molecule has 1 aliphatic rings. The van der Waals surface area contributed by atoms with Gasteiger partial charge >= 0.3 is 0 Å². The summed E-state index contributed by atoms with van der Waals surface area (Å²) in [5, 5.41) is 0. The minimum atomic E-state index is 0.360. The number of hydrogen-bond donors (Lipinski definition) is 0. The Balaban J connectivity index is 2.17. The van der Waals surface area contributed by atoms with Crippen molar-refractivity contribution in [3.05, 3.63) is 29.3 Å². The van der Waals surface area contributed by atoms with Crippen LogP contribution in [0.1, 0.15) is 24.0 Å². The summed E-state index contributed by atoms with van der Waals surface area (Å²) in [5.41, 5.74) is 2.91. The first kappa shape index (κ1) is 9.15. The van der Waals surface area contributed by atoms with Crippen molar-refractivity contribution in [2.45, 2.75) is 25.7 Å². The van der Waals surface area contributed by atoms with E-state index in [-0.39, 0.29) is 0 Å². The second-order valence-corrected chi connectivity index (χ2v) is 3.63. The Morgan fingerprint density at radius 1 is 1.21 bits per heavy atom. The Hall–Kier alpha value is -1.42. The average Bonchev–Trinajstić information content (AvgIpc) is 2.26. The topological polar surface area (TPSA) is 9.23 Å². The van der Waals surface area contributed by atoms with E-state index in [1.165, 1.54) is 36.8 Å². The molecule has 1 aromatic rings. The lowest BCUT2D eigenvalue weighted by molar-refractivity contribution is 0.369. The van der Waals surface area contributed by atoms with E-state index >= 15 is 0 Å². The van der Waals surface area contributed by atoms with Gasteiger partial charge in [-0.05, 0) is 48.9 Å². The van der Waals surface area contributed by atoms with E-state index in [2.05, 4.69) is 18.1 Å². The van der Waals surface area contributed by atoms with Crippen molar-refractivity contribution in [3.8, 4) is 18.1 Å². The van der Waals surface area contributed by atoms with Crippen LogP contribution in [0.25, 0.3) is 0 Å². The summed E-state index contributed by atoms with van der Waals surface area (Å²) in [6, 6.07) is 6.31. The molecule has 0 saturated carbocycles. The Bertz CT molecular complexity index is 360. The van der Waals surface area contributed by atoms with E-state index in [1.54, 1.807) is 0 Å². The van der Waals surface area contributed by atoms with Crippen LogP contribution in [0.5, 0.6) is 5.75 Å². The Kier molecular flexibility index (Phi) is 2.74. The molecule has 2 rings (SSSR count). The third kappa shape index (κ3) is 1.90. The Morgan fingerprint density at radius 3 is 2.79 bits per heavy atom. The van der Waals surface area contributed by atoms with Gasteiger partial charge in [0.05, 0.1) is 0 Å². The molecule has 0 amide bonds. The quantitative estimate of drug-likeness (QED) is 0.645. The minimum absolute atomic E-state index is 0.360. The summed E-state index contributed by atoms with van der Waals surface area (Å²) in [4.78, 5) is 0. The molecule has 0 fully saturated rings. The van der Waals surface area contributed by atoms with Gasteiger partial charge in [-0.1, -0.05) is 12.0 Å². The molecule has 0 spiro atoms. The molecule has 14 heavy (non-hydrogen) atoms. The third-order valence-electron chi connectivity index (χ3n) is 2.64. The van der Waals surface area contributed by atoms with Gasteiger partial charge in [-0.25, -0.2) is 0 Å². The molecule has 0 bridgehead atoms. The molecule has 1 heteroatoms. The van der Waals surface area contributed by atoms with E-state index < -0.39 is 0 Å². The van der Waals surface area contributed by atoms with Crippen LogP contribution in [0.2, 0.25) is 0 Å². The summed E-state index contributed by atoms with van der Waals surface area (Å²) < 4.78 is 5.39. The van der Waals surface area contributed by atoms with Crippen LogP contribution >= 0.6 is 0 Å². The van der Waals surface area contributed by atoms with Crippen LogP contribution in [0.15, 0.2) is 18.2 Å². The molecule has 0 N–H and O–H groups in total. The van der Waals surface area contributed by atoms with Crippen molar-refractivity contribution in [2.75, 3.05) is 6.61 Å². The lowest BCUT2D eigenvalue weighted by Gasteiger charge is -2.16. The maximum absolute atomic E-state index is 5.39. The molecule has 72 valence electrons. The maximum Gasteiger partial charge on any atom is 0.148 e. The van der Waals surface area contributed by atoms with Gasteiger partial charge in [0.25, 0.3) is 0 Å². The van der Waals surface area contributed by atoms with E-state index in [0.29, 0.717) is 6.61 Å². The molecule has 0 aliphatic heterocycles. The highest BCUT2D eigenvalue weighted by molar-refractivity contribution is 5.37. The normalized spacial score (nSPS) is 14.2. The summed E-state index contributed by atoms with van der Waals surface area (Å²) in [7, 11) is 0. The molecule has 1 aromatic carbocycles. The summed E-state index contributed by atoms with van der Waals surface area (Å²) >= 11 is 0. The second-order valence-electron chi connectivity index (χ2n) is 3.63. The first-order valence-electron chi connectivity index (χ1n) is 5.08. The predicted octanol–water partition coefficient (Wildman–Crippen LogP) is 2.58. The highest BCUT2D eigenvalue weighted by atomic mass is 16.5. The molecule has 0 unspecified atom stereocenters. The van der Waals surface area contributed by atoms with E-state index in [1.807, 2.05) is 6.07 Å². The smallest absolute Gasteiger partial charge is 0.148 e. The van der Waals surface area contributed by atoms with Gasteiger partial charge in [0.1, 0.15) is 12.4 Å². The van der Waals surface area contributed by atoms with Crippen LogP contribution in [0.3, 0.4) is 0 Å². The van der Waals surface area contributed by atoms with Gasteiger partial charge in [-0.15, -0.1) is 6.42 Å². The van der Waals surface area contributed by atoms with Crippen LogP contribution in [-0.4, -0.2) is 6.61 Å². The zero-order valence-corrected chi connectivity index (χ0v) is 8.25. The summed E-state index contributed by atoms with van der Waals surface area (Å²) in [5.74, 6) is 3.38. The van der Waals surface area contributed by atoms with Gasteiger partial charge in [-0.2, -0.15) is 0 Å². The maximum atomic E-state index is 5.39. The minimum Gasteiger partial charge on any atom is -0.481 e. The van der Waals surface area contributed by atoms with Gasteiger partial charge in [0, 0.05) is 0 Å². The fourth-order valence-corrected chi connectivity index (χ4v) is 1.92. The fourth-order valence-electron chi connectivity index (χ4n) is 1.92. The fraction of sp³-hybridized carbons (Fsp3) is 0.385. The first-order chi connectivity index (χ1) is 6.90. The number of aryl methyl sites for hydroxylation is 2. The van der Waals surface area contributed by atoms with E-state index in [4.69, 9.17) is 11.2 Å². The van der Waals surface area contributed by atoms with Crippen molar-refractivity contribution >= 4 is 0 Å². The number of hydrogen-bond acceptors (Lipinski definition) is 1. The molecule has 0 heterocycles. The third-order valence-corrected chi connectivity index (χ3v) is 2.64. The van der Waals surface area contributed by atoms with Gasteiger partial charge < -0.3 is 4.74 Å². The highest BCUT2D eigenvalue weighted by Gasteiger charge is 2.09. The standard InChI is InChI=1S/C13H14O/c1-2-9-14-13-8-7-11-5-3-4-6-12(11)10-13/h1,7-8,10H,3-6,9H2. The van der Waals surface area contributed by atoms with Gasteiger partial charge in [0.2, 0.25) is 0 Å². The lowest BCUT2D eigenvalue weighted by atomic mass is 9.92. The van der Waals surface area contributed by atoms with Gasteiger partial charge in [-0.3, -0.25) is 0 Å². The second kappa shape index (κ2) is 4.19. The van der Waals surface area contributed by atoms with Crippen molar-refractivity contribution in [1.82, 2.24) is 0 Å². The number of benzene rings is 1. The van der Waals surface area contributed by atoms with Crippen LogP contribution in [0, 0.1) is 12.3 Å². The number of rotatable bonds is 2. The molecule has 1 nitrogen and oxygen atoms in total. The molecule has 0 atom stereocenters. The Morgan fingerprint density at radius 2 is 2.00 bits per heavy atom. The van der Waals surface area contributed by atoms with E-state index in [0.717, 1.165) is 5.75 Å². The molecule has 1 aliphatic carbocycles. The SMILES string of the molecule is C#CCOc1ccc2c(c1)CCCC2. The van der Waals surface area contributed by atoms with Crippen molar-refractivity contribution in [1.29, 1.82) is 0 Å². The molecule has 0 radical (unpaired) electrons. The largest absolute Gasteiger partial charge is 0.481 e. The van der Waals surface area contributed by atoms with Gasteiger partial charge in [0.15, 0.2) is 0 Å². The average molecular weight is 186 g/mol. The molecular formula is C13H14O. The Labute approximate surface area is 85.1 Å². The molecular weight excluding hydrogens is 172 g/mol. The zero-order valence-electron chi connectivity index (χ0n) is 8.25. The first-order valence-corrected chi connectivity index (χ1v) is 5.08. The van der Waals surface area contributed by atoms with Crippen molar-refractivity contribution in [3.63, 3.8) is 0 Å². The highest BCUT2D eigenvalue weighted by Crippen LogP contribution is 2.25. The molecule has 0 aromatic heterocycles. The number of terminal acetylenes is 1. The summed E-state index contributed by atoms with van der Waals surface area (Å²) in [6.07, 6.45) is 10.1. The van der Waals surface area contributed by atoms with Crippen LogP contribution in [-0.2, 0) is 12.8 Å². The molecule has 0 saturated heterocycles.